The molecule has 76 valence electrons. The summed E-state index contributed by atoms with van der Waals surface area (Å²) in [4.78, 5) is 0. The molecule has 2 atom stereocenters. The Bertz CT molecular complexity index is 161. The van der Waals surface area contributed by atoms with Crippen LogP contribution in [0.5, 0.6) is 0 Å². The molecule has 0 aromatic carbocycles. The average molecular weight is 249 g/mol. The Morgan fingerprint density at radius 3 is 2.85 bits per heavy atom. The number of ether oxygens (including phenoxy) is 2. The van der Waals surface area contributed by atoms with Crippen LogP contribution in [0.1, 0.15) is 32.1 Å². The van der Waals surface area contributed by atoms with Crippen molar-refractivity contribution in [2.24, 2.45) is 0 Å². The molecule has 3 heteroatoms. The summed E-state index contributed by atoms with van der Waals surface area (Å²) in [5, 5.41) is 0.967. The van der Waals surface area contributed by atoms with Crippen molar-refractivity contribution in [1.29, 1.82) is 0 Å². The molecule has 13 heavy (non-hydrogen) atoms. The molecule has 2 nitrogen and oxygen atoms in total. The lowest BCUT2D eigenvalue weighted by atomic mass is 9.87. The Hall–Kier alpha value is 0.400. The van der Waals surface area contributed by atoms with Crippen molar-refractivity contribution in [3.63, 3.8) is 0 Å². The second-order valence-corrected chi connectivity index (χ2v) is 4.77. The second-order valence-electron chi connectivity index (χ2n) is 4.13. The summed E-state index contributed by atoms with van der Waals surface area (Å²) in [7, 11) is 0. The molecular weight excluding hydrogens is 232 g/mol. The highest BCUT2D eigenvalue weighted by Crippen LogP contribution is 2.35. The summed E-state index contributed by atoms with van der Waals surface area (Å²) in [5.41, 5.74) is 0.0783. The summed E-state index contributed by atoms with van der Waals surface area (Å²) >= 11 is 3.50. The summed E-state index contributed by atoms with van der Waals surface area (Å²) in [6.07, 6.45) is 6.45. The number of hydrogen-bond donors (Lipinski definition) is 0. The molecule has 0 aromatic rings. The highest BCUT2D eigenvalue weighted by atomic mass is 79.9. The van der Waals surface area contributed by atoms with Crippen LogP contribution in [0.2, 0.25) is 0 Å². The highest BCUT2D eigenvalue weighted by molar-refractivity contribution is 9.09. The normalized spacial score (nSPS) is 40.8. The van der Waals surface area contributed by atoms with E-state index in [9.17, 15) is 0 Å². The fourth-order valence-corrected chi connectivity index (χ4v) is 2.80. The SMILES string of the molecule is BrCC1CCCC2(CCCOC2)O1. The van der Waals surface area contributed by atoms with E-state index in [4.69, 9.17) is 9.47 Å². The molecule has 0 N–H and O–H groups in total. The van der Waals surface area contributed by atoms with Crippen LogP contribution in [0.4, 0.5) is 0 Å². The fraction of sp³-hybridized carbons (Fsp3) is 1.00. The highest BCUT2D eigenvalue weighted by Gasteiger charge is 2.38. The van der Waals surface area contributed by atoms with E-state index in [0.717, 1.165) is 25.0 Å². The zero-order chi connectivity index (χ0) is 9.15. The van der Waals surface area contributed by atoms with Gasteiger partial charge in [-0.3, -0.25) is 0 Å². The molecule has 0 amide bonds. The van der Waals surface area contributed by atoms with Crippen LogP contribution in [-0.2, 0) is 9.47 Å². The third-order valence-corrected chi connectivity index (χ3v) is 3.76. The van der Waals surface area contributed by atoms with Crippen molar-refractivity contribution in [2.45, 2.75) is 43.8 Å². The number of alkyl halides is 1. The van der Waals surface area contributed by atoms with Crippen LogP contribution in [0.25, 0.3) is 0 Å². The average Bonchev–Trinajstić information content (AvgIpc) is 2.19. The number of halogens is 1. The molecule has 2 fully saturated rings. The Morgan fingerprint density at radius 2 is 2.15 bits per heavy atom. The van der Waals surface area contributed by atoms with Gasteiger partial charge in [-0.1, -0.05) is 15.9 Å². The topological polar surface area (TPSA) is 18.5 Å². The van der Waals surface area contributed by atoms with Crippen molar-refractivity contribution in [1.82, 2.24) is 0 Å². The van der Waals surface area contributed by atoms with Crippen molar-refractivity contribution in [3.8, 4) is 0 Å². The zero-order valence-corrected chi connectivity index (χ0v) is 9.51. The summed E-state index contributed by atoms with van der Waals surface area (Å²) < 4.78 is 11.6. The van der Waals surface area contributed by atoms with Crippen LogP contribution in [0.3, 0.4) is 0 Å². The first-order valence-electron chi connectivity index (χ1n) is 5.16. The van der Waals surface area contributed by atoms with Crippen molar-refractivity contribution < 1.29 is 9.47 Å². The summed E-state index contributed by atoms with van der Waals surface area (Å²) in [5.74, 6) is 0. The smallest absolute Gasteiger partial charge is 0.0919 e. The maximum Gasteiger partial charge on any atom is 0.0919 e. The second kappa shape index (κ2) is 4.28. The quantitative estimate of drug-likeness (QED) is 0.665. The van der Waals surface area contributed by atoms with E-state index >= 15 is 0 Å². The standard InChI is InChI=1S/C10H17BrO2/c11-7-9-3-1-4-10(13-9)5-2-6-12-8-10/h9H,1-8H2. The molecule has 2 saturated heterocycles. The van der Waals surface area contributed by atoms with Gasteiger partial charge >= 0.3 is 0 Å². The van der Waals surface area contributed by atoms with Crippen LogP contribution in [0.15, 0.2) is 0 Å². The van der Waals surface area contributed by atoms with Gasteiger partial charge in [0.25, 0.3) is 0 Å². The first kappa shape index (κ1) is 9.94. The Balaban J connectivity index is 1.95. The van der Waals surface area contributed by atoms with E-state index in [0.29, 0.717) is 6.10 Å². The van der Waals surface area contributed by atoms with Crippen LogP contribution in [-0.4, -0.2) is 30.2 Å². The maximum atomic E-state index is 6.09. The minimum Gasteiger partial charge on any atom is -0.378 e. The van der Waals surface area contributed by atoms with E-state index < -0.39 is 0 Å². The Labute approximate surface area is 88.1 Å². The van der Waals surface area contributed by atoms with Crippen LogP contribution >= 0.6 is 15.9 Å². The first-order valence-corrected chi connectivity index (χ1v) is 6.28. The van der Waals surface area contributed by atoms with Gasteiger partial charge in [0.15, 0.2) is 0 Å². The number of hydrogen-bond acceptors (Lipinski definition) is 2. The van der Waals surface area contributed by atoms with E-state index in [1.165, 1.54) is 25.7 Å². The van der Waals surface area contributed by atoms with Gasteiger partial charge in [-0.05, 0) is 32.1 Å². The molecule has 0 radical (unpaired) electrons. The van der Waals surface area contributed by atoms with E-state index in [2.05, 4.69) is 15.9 Å². The molecule has 1 spiro atoms. The predicted octanol–water partition coefficient (Wildman–Crippen LogP) is 2.50. The molecule has 0 bridgehead atoms. The lowest BCUT2D eigenvalue weighted by molar-refractivity contribution is -0.176. The molecule has 2 rings (SSSR count). The lowest BCUT2D eigenvalue weighted by Gasteiger charge is -2.43. The third-order valence-electron chi connectivity index (χ3n) is 3.03. The number of rotatable bonds is 1. The largest absolute Gasteiger partial charge is 0.378 e. The lowest BCUT2D eigenvalue weighted by Crippen LogP contribution is -2.47. The van der Waals surface area contributed by atoms with Gasteiger partial charge in [-0.2, -0.15) is 0 Å². The fourth-order valence-electron chi connectivity index (χ4n) is 2.35. The molecule has 2 aliphatic heterocycles. The van der Waals surface area contributed by atoms with Gasteiger partial charge < -0.3 is 9.47 Å². The van der Waals surface area contributed by atoms with Gasteiger partial charge in [-0.15, -0.1) is 0 Å². The molecule has 0 aliphatic carbocycles. The molecule has 2 heterocycles. The van der Waals surface area contributed by atoms with Crippen molar-refractivity contribution in [3.05, 3.63) is 0 Å². The van der Waals surface area contributed by atoms with E-state index in [1.54, 1.807) is 0 Å². The molecule has 2 aliphatic rings. The van der Waals surface area contributed by atoms with Crippen molar-refractivity contribution in [2.75, 3.05) is 18.5 Å². The van der Waals surface area contributed by atoms with Gasteiger partial charge in [-0.25, -0.2) is 0 Å². The summed E-state index contributed by atoms with van der Waals surface area (Å²) in [6.45, 7) is 1.74. The Kier molecular flexibility index (Phi) is 3.27. The van der Waals surface area contributed by atoms with E-state index in [1.807, 2.05) is 0 Å². The zero-order valence-electron chi connectivity index (χ0n) is 7.93. The predicted molar refractivity (Wildman–Crippen MR) is 55.3 cm³/mol. The molecule has 0 saturated carbocycles. The summed E-state index contributed by atoms with van der Waals surface area (Å²) in [6, 6.07) is 0. The molecular formula is C10H17BrO2. The van der Waals surface area contributed by atoms with Gasteiger partial charge in [0.2, 0.25) is 0 Å². The van der Waals surface area contributed by atoms with E-state index in [-0.39, 0.29) is 5.60 Å². The van der Waals surface area contributed by atoms with Crippen LogP contribution in [0, 0.1) is 0 Å². The van der Waals surface area contributed by atoms with Crippen LogP contribution < -0.4 is 0 Å². The first-order chi connectivity index (χ1) is 6.35. The molecule has 0 aromatic heterocycles. The minimum atomic E-state index is 0.0783. The maximum absolute atomic E-state index is 6.09. The molecule has 2 unspecified atom stereocenters. The minimum absolute atomic E-state index is 0.0783. The van der Waals surface area contributed by atoms with Gasteiger partial charge in [0.05, 0.1) is 18.3 Å². The van der Waals surface area contributed by atoms with Gasteiger partial charge in [0, 0.05) is 11.9 Å². The van der Waals surface area contributed by atoms with Gasteiger partial charge in [0.1, 0.15) is 0 Å². The van der Waals surface area contributed by atoms with Crippen molar-refractivity contribution >= 4 is 15.9 Å². The monoisotopic (exact) mass is 248 g/mol. The third kappa shape index (κ3) is 2.25. The Morgan fingerprint density at radius 1 is 1.31 bits per heavy atom.